The summed E-state index contributed by atoms with van der Waals surface area (Å²) >= 11 is 0. The highest BCUT2D eigenvalue weighted by atomic mass is 15.2. The van der Waals surface area contributed by atoms with Crippen LogP contribution in [-0.4, -0.2) is 36.6 Å². The maximum atomic E-state index is 3.55. The summed E-state index contributed by atoms with van der Waals surface area (Å²) in [4.78, 5) is 2.75. The molecule has 0 spiro atoms. The number of rotatable bonds is 11. The molecule has 0 aliphatic rings. The summed E-state index contributed by atoms with van der Waals surface area (Å²) in [6.45, 7) is 12.9. The Labute approximate surface area is 116 Å². The summed E-state index contributed by atoms with van der Waals surface area (Å²) in [5, 5.41) is 3.55. The third-order valence-electron chi connectivity index (χ3n) is 4.21. The molecular weight excluding hydrogens is 220 g/mol. The lowest BCUT2D eigenvalue weighted by Gasteiger charge is -2.40. The Morgan fingerprint density at radius 3 is 2.06 bits per heavy atom. The Hall–Kier alpha value is -0.0800. The fourth-order valence-corrected chi connectivity index (χ4v) is 2.88. The summed E-state index contributed by atoms with van der Waals surface area (Å²) in [7, 11) is 2.12. The summed E-state index contributed by atoms with van der Waals surface area (Å²) in [5.41, 5.74) is 0. The lowest BCUT2D eigenvalue weighted by molar-refractivity contribution is 0.102. The number of nitrogens with zero attached hydrogens (tertiary/aromatic N) is 1. The van der Waals surface area contributed by atoms with Crippen molar-refractivity contribution in [2.75, 3.05) is 13.6 Å². The third kappa shape index (κ3) is 5.71. The minimum atomic E-state index is 0.644. The van der Waals surface area contributed by atoms with Crippen molar-refractivity contribution in [1.82, 2.24) is 10.2 Å². The fraction of sp³-hybridized carbons (Fsp3) is 1.00. The van der Waals surface area contributed by atoms with Crippen LogP contribution in [0, 0.1) is 0 Å². The molecule has 2 nitrogen and oxygen atoms in total. The first-order chi connectivity index (χ1) is 8.65. The van der Waals surface area contributed by atoms with Crippen LogP contribution in [0.5, 0.6) is 0 Å². The van der Waals surface area contributed by atoms with Gasteiger partial charge in [0.2, 0.25) is 0 Å². The van der Waals surface area contributed by atoms with Crippen LogP contribution in [-0.2, 0) is 0 Å². The Morgan fingerprint density at radius 1 is 1.00 bits per heavy atom. The van der Waals surface area contributed by atoms with Crippen LogP contribution >= 0.6 is 0 Å². The van der Waals surface area contributed by atoms with Crippen molar-refractivity contribution >= 4 is 0 Å². The van der Waals surface area contributed by atoms with Crippen LogP contribution in [0.1, 0.15) is 73.1 Å². The lowest BCUT2D eigenvalue weighted by atomic mass is 9.97. The van der Waals surface area contributed by atoms with Gasteiger partial charge in [-0.05, 0) is 46.2 Å². The van der Waals surface area contributed by atoms with E-state index in [1.54, 1.807) is 0 Å². The van der Waals surface area contributed by atoms with Crippen molar-refractivity contribution in [2.24, 2.45) is 0 Å². The molecule has 0 aliphatic heterocycles. The van der Waals surface area contributed by atoms with Gasteiger partial charge in [0.05, 0.1) is 0 Å². The molecule has 0 saturated heterocycles. The number of unbranched alkanes of at least 4 members (excludes halogenated alkanes) is 1. The Kier molecular flexibility index (Phi) is 10.8. The molecular formula is C16H36N2. The molecule has 0 aliphatic carbocycles. The Morgan fingerprint density at radius 2 is 1.67 bits per heavy atom. The van der Waals surface area contributed by atoms with E-state index in [1.165, 1.54) is 45.1 Å². The standard InChI is InChI=1S/C16H36N2/c1-7-11-13-18(14(5)9-3)16(10-4)15(17-6)12-8-2/h14-17H,7-13H2,1-6H3. The molecule has 0 heterocycles. The van der Waals surface area contributed by atoms with E-state index in [0.717, 1.165) is 0 Å². The van der Waals surface area contributed by atoms with Gasteiger partial charge in [0.25, 0.3) is 0 Å². The minimum absolute atomic E-state index is 0.644. The van der Waals surface area contributed by atoms with Gasteiger partial charge in [-0.2, -0.15) is 0 Å². The molecule has 0 rings (SSSR count). The first kappa shape index (κ1) is 17.9. The quantitative estimate of drug-likeness (QED) is 0.600. The first-order valence-electron chi connectivity index (χ1n) is 8.09. The predicted octanol–water partition coefficient (Wildman–Crippen LogP) is 4.05. The highest BCUT2D eigenvalue weighted by Crippen LogP contribution is 2.18. The summed E-state index contributed by atoms with van der Waals surface area (Å²) < 4.78 is 0. The highest BCUT2D eigenvalue weighted by molar-refractivity contribution is 4.85. The van der Waals surface area contributed by atoms with Gasteiger partial charge in [-0.15, -0.1) is 0 Å². The average molecular weight is 256 g/mol. The zero-order valence-electron chi connectivity index (χ0n) is 13.6. The van der Waals surface area contributed by atoms with E-state index < -0.39 is 0 Å². The molecule has 0 aromatic carbocycles. The van der Waals surface area contributed by atoms with Crippen molar-refractivity contribution in [3.63, 3.8) is 0 Å². The fourth-order valence-electron chi connectivity index (χ4n) is 2.88. The third-order valence-corrected chi connectivity index (χ3v) is 4.21. The molecule has 0 radical (unpaired) electrons. The predicted molar refractivity (Wildman–Crippen MR) is 83.2 cm³/mol. The van der Waals surface area contributed by atoms with E-state index in [0.29, 0.717) is 18.1 Å². The zero-order chi connectivity index (χ0) is 14.0. The molecule has 3 atom stereocenters. The topological polar surface area (TPSA) is 15.3 Å². The number of nitrogens with one attached hydrogen (secondary N) is 1. The van der Waals surface area contributed by atoms with Gasteiger partial charge in [0.1, 0.15) is 0 Å². The number of likely N-dealkylation sites (N-methyl/N-ethyl adjacent to an activating group) is 1. The smallest absolute Gasteiger partial charge is 0.0249 e. The molecule has 2 heteroatoms. The van der Waals surface area contributed by atoms with Crippen molar-refractivity contribution < 1.29 is 0 Å². The molecule has 1 N–H and O–H groups in total. The molecule has 0 aromatic heterocycles. The molecule has 0 amide bonds. The van der Waals surface area contributed by atoms with Gasteiger partial charge in [-0.25, -0.2) is 0 Å². The summed E-state index contributed by atoms with van der Waals surface area (Å²) in [6, 6.07) is 2.04. The van der Waals surface area contributed by atoms with Gasteiger partial charge in [0, 0.05) is 18.1 Å². The second-order valence-corrected chi connectivity index (χ2v) is 5.51. The maximum absolute atomic E-state index is 3.55. The molecule has 0 fully saturated rings. The van der Waals surface area contributed by atoms with E-state index >= 15 is 0 Å². The van der Waals surface area contributed by atoms with E-state index in [4.69, 9.17) is 0 Å². The minimum Gasteiger partial charge on any atom is -0.315 e. The van der Waals surface area contributed by atoms with Crippen LogP contribution in [0.3, 0.4) is 0 Å². The van der Waals surface area contributed by atoms with Crippen molar-refractivity contribution in [2.45, 2.75) is 91.3 Å². The SMILES string of the molecule is CCCCN(C(C)CC)C(CC)C(CCC)NC. The van der Waals surface area contributed by atoms with Gasteiger partial charge < -0.3 is 5.32 Å². The molecule has 0 bridgehead atoms. The maximum Gasteiger partial charge on any atom is 0.0249 e. The van der Waals surface area contributed by atoms with Crippen LogP contribution in [0.25, 0.3) is 0 Å². The first-order valence-corrected chi connectivity index (χ1v) is 8.09. The Bertz CT molecular complexity index is 182. The van der Waals surface area contributed by atoms with E-state index in [9.17, 15) is 0 Å². The second-order valence-electron chi connectivity index (χ2n) is 5.51. The van der Waals surface area contributed by atoms with Gasteiger partial charge in [-0.1, -0.05) is 40.5 Å². The lowest BCUT2D eigenvalue weighted by Crippen LogP contribution is -2.52. The molecule has 0 aromatic rings. The van der Waals surface area contributed by atoms with E-state index in [1.807, 2.05) is 0 Å². The van der Waals surface area contributed by atoms with Gasteiger partial charge in [-0.3, -0.25) is 4.90 Å². The number of hydrogen-bond donors (Lipinski definition) is 1. The molecule has 3 unspecified atom stereocenters. The monoisotopic (exact) mass is 256 g/mol. The van der Waals surface area contributed by atoms with Gasteiger partial charge in [0.15, 0.2) is 0 Å². The van der Waals surface area contributed by atoms with E-state index in [2.05, 4.69) is 51.9 Å². The number of hydrogen-bond acceptors (Lipinski definition) is 2. The summed E-state index contributed by atoms with van der Waals surface area (Å²) in [5.74, 6) is 0. The van der Waals surface area contributed by atoms with Crippen molar-refractivity contribution in [3.05, 3.63) is 0 Å². The van der Waals surface area contributed by atoms with E-state index in [-0.39, 0.29) is 0 Å². The van der Waals surface area contributed by atoms with Crippen LogP contribution in [0.4, 0.5) is 0 Å². The molecule has 110 valence electrons. The normalized spacial score (nSPS) is 16.8. The summed E-state index contributed by atoms with van der Waals surface area (Å²) in [6.07, 6.45) is 7.67. The van der Waals surface area contributed by atoms with Crippen LogP contribution in [0.15, 0.2) is 0 Å². The molecule has 18 heavy (non-hydrogen) atoms. The van der Waals surface area contributed by atoms with Crippen molar-refractivity contribution in [1.29, 1.82) is 0 Å². The highest BCUT2D eigenvalue weighted by Gasteiger charge is 2.26. The van der Waals surface area contributed by atoms with Crippen LogP contribution in [0.2, 0.25) is 0 Å². The largest absolute Gasteiger partial charge is 0.315 e. The second kappa shape index (κ2) is 10.8. The van der Waals surface area contributed by atoms with Crippen LogP contribution < -0.4 is 5.32 Å². The Balaban J connectivity index is 4.75. The van der Waals surface area contributed by atoms with Gasteiger partial charge >= 0.3 is 0 Å². The average Bonchev–Trinajstić information content (AvgIpc) is 2.40. The zero-order valence-corrected chi connectivity index (χ0v) is 13.6. The molecule has 0 saturated carbocycles. The van der Waals surface area contributed by atoms with Crippen molar-refractivity contribution in [3.8, 4) is 0 Å².